The van der Waals surface area contributed by atoms with Crippen LogP contribution in [0.25, 0.3) is 0 Å². The van der Waals surface area contributed by atoms with Crippen LogP contribution in [0.3, 0.4) is 0 Å². The van der Waals surface area contributed by atoms with Crippen molar-refractivity contribution >= 4 is 27.5 Å². The minimum atomic E-state index is -0.808. The van der Waals surface area contributed by atoms with E-state index in [0.717, 1.165) is 31.6 Å². The van der Waals surface area contributed by atoms with E-state index in [9.17, 15) is 13.6 Å². The van der Waals surface area contributed by atoms with Crippen LogP contribution < -0.4 is 5.32 Å². The SMILES string of the molecule is O=C(Nc1c(F)cc(F)cc1Br)C1=CCCN(Cc2ccccc2)C1. The summed E-state index contributed by atoms with van der Waals surface area (Å²) in [5.74, 6) is -1.88. The first-order valence-electron chi connectivity index (χ1n) is 7.94. The van der Waals surface area contributed by atoms with E-state index in [1.807, 2.05) is 36.4 Å². The molecule has 0 aliphatic carbocycles. The molecular formula is C19H17BrF2N2O. The highest BCUT2D eigenvalue weighted by atomic mass is 79.9. The van der Waals surface area contributed by atoms with Crippen LogP contribution in [0.15, 0.2) is 58.6 Å². The highest BCUT2D eigenvalue weighted by Gasteiger charge is 2.20. The molecule has 3 rings (SSSR count). The lowest BCUT2D eigenvalue weighted by atomic mass is 10.1. The summed E-state index contributed by atoms with van der Waals surface area (Å²) < 4.78 is 27.2. The molecule has 1 aliphatic heterocycles. The zero-order valence-electron chi connectivity index (χ0n) is 13.4. The Labute approximate surface area is 153 Å². The van der Waals surface area contributed by atoms with E-state index in [4.69, 9.17) is 0 Å². The third kappa shape index (κ3) is 4.52. The van der Waals surface area contributed by atoms with Crippen molar-refractivity contribution in [3.63, 3.8) is 0 Å². The number of hydrogen-bond donors (Lipinski definition) is 1. The van der Waals surface area contributed by atoms with Gasteiger partial charge in [-0.05, 0) is 34.0 Å². The fourth-order valence-electron chi connectivity index (χ4n) is 2.80. The van der Waals surface area contributed by atoms with Crippen LogP contribution in [-0.2, 0) is 11.3 Å². The van der Waals surface area contributed by atoms with E-state index in [2.05, 4.69) is 26.1 Å². The lowest BCUT2D eigenvalue weighted by molar-refractivity contribution is -0.113. The molecule has 6 heteroatoms. The Balaban J connectivity index is 1.67. The predicted octanol–water partition coefficient (Wildman–Crippen LogP) is 4.50. The molecule has 1 N–H and O–H groups in total. The first-order valence-corrected chi connectivity index (χ1v) is 8.73. The quantitative estimate of drug-likeness (QED) is 0.810. The highest BCUT2D eigenvalue weighted by molar-refractivity contribution is 9.10. The number of halogens is 3. The summed E-state index contributed by atoms with van der Waals surface area (Å²) >= 11 is 3.08. The molecule has 1 aliphatic rings. The molecule has 0 unspecified atom stereocenters. The van der Waals surface area contributed by atoms with E-state index < -0.39 is 11.6 Å². The summed E-state index contributed by atoms with van der Waals surface area (Å²) in [6.07, 6.45) is 2.62. The van der Waals surface area contributed by atoms with Crippen LogP contribution in [0.4, 0.5) is 14.5 Å². The van der Waals surface area contributed by atoms with Crippen molar-refractivity contribution in [1.29, 1.82) is 0 Å². The Morgan fingerprint density at radius 1 is 1.20 bits per heavy atom. The number of amides is 1. The maximum atomic E-state index is 13.9. The number of rotatable bonds is 4. The van der Waals surface area contributed by atoms with Gasteiger partial charge in [-0.3, -0.25) is 9.69 Å². The maximum absolute atomic E-state index is 13.9. The van der Waals surface area contributed by atoms with Crippen LogP contribution in [0.1, 0.15) is 12.0 Å². The van der Waals surface area contributed by atoms with Gasteiger partial charge in [0.2, 0.25) is 0 Å². The second-order valence-corrected chi connectivity index (χ2v) is 6.77. The average Bonchev–Trinajstić information content (AvgIpc) is 2.59. The van der Waals surface area contributed by atoms with Gasteiger partial charge in [0.05, 0.1) is 5.69 Å². The molecule has 0 aromatic heterocycles. The number of carbonyl (C=O) groups excluding carboxylic acids is 1. The van der Waals surface area contributed by atoms with Crippen LogP contribution in [0, 0.1) is 11.6 Å². The van der Waals surface area contributed by atoms with Crippen molar-refractivity contribution in [3.8, 4) is 0 Å². The zero-order valence-corrected chi connectivity index (χ0v) is 15.0. The first-order chi connectivity index (χ1) is 12.0. The number of hydrogen-bond acceptors (Lipinski definition) is 2. The van der Waals surface area contributed by atoms with Crippen molar-refractivity contribution in [2.24, 2.45) is 0 Å². The van der Waals surface area contributed by atoms with Gasteiger partial charge < -0.3 is 5.32 Å². The first kappa shape index (κ1) is 17.8. The summed E-state index contributed by atoms with van der Waals surface area (Å²) in [7, 11) is 0. The topological polar surface area (TPSA) is 32.3 Å². The van der Waals surface area contributed by atoms with E-state index in [-0.39, 0.29) is 16.1 Å². The minimum Gasteiger partial charge on any atom is -0.319 e. The van der Waals surface area contributed by atoms with Gasteiger partial charge in [0, 0.05) is 35.7 Å². The van der Waals surface area contributed by atoms with E-state index in [0.29, 0.717) is 12.1 Å². The Bertz CT molecular complexity index is 785. The number of nitrogens with zero attached hydrogens (tertiary/aromatic N) is 1. The maximum Gasteiger partial charge on any atom is 0.252 e. The Morgan fingerprint density at radius 3 is 2.68 bits per heavy atom. The van der Waals surface area contributed by atoms with Gasteiger partial charge in [-0.1, -0.05) is 36.4 Å². The molecule has 0 spiro atoms. The van der Waals surface area contributed by atoms with E-state index in [1.54, 1.807) is 0 Å². The normalized spacial score (nSPS) is 14.9. The number of anilines is 1. The summed E-state index contributed by atoms with van der Waals surface area (Å²) in [6, 6.07) is 11.9. The number of benzene rings is 2. The third-order valence-corrected chi connectivity index (χ3v) is 4.64. The molecule has 0 atom stereocenters. The molecule has 0 bridgehead atoms. The number of carbonyl (C=O) groups is 1. The lowest BCUT2D eigenvalue weighted by Gasteiger charge is -2.27. The third-order valence-electron chi connectivity index (χ3n) is 4.02. The van der Waals surface area contributed by atoms with Gasteiger partial charge in [0.15, 0.2) is 5.82 Å². The molecular weight excluding hydrogens is 390 g/mol. The van der Waals surface area contributed by atoms with E-state index in [1.165, 1.54) is 5.56 Å². The van der Waals surface area contributed by atoms with Gasteiger partial charge >= 0.3 is 0 Å². The van der Waals surface area contributed by atoms with Crippen molar-refractivity contribution in [2.45, 2.75) is 13.0 Å². The molecule has 0 radical (unpaired) electrons. The Morgan fingerprint density at radius 2 is 1.96 bits per heavy atom. The van der Waals surface area contributed by atoms with Gasteiger partial charge in [0.25, 0.3) is 5.91 Å². The van der Waals surface area contributed by atoms with E-state index >= 15 is 0 Å². The molecule has 3 nitrogen and oxygen atoms in total. The van der Waals surface area contributed by atoms with Crippen LogP contribution in [-0.4, -0.2) is 23.9 Å². The molecule has 2 aromatic carbocycles. The van der Waals surface area contributed by atoms with Crippen molar-refractivity contribution < 1.29 is 13.6 Å². The van der Waals surface area contributed by atoms with Gasteiger partial charge in [-0.25, -0.2) is 8.78 Å². The fraction of sp³-hybridized carbons (Fsp3) is 0.211. The highest BCUT2D eigenvalue weighted by Crippen LogP contribution is 2.27. The van der Waals surface area contributed by atoms with Gasteiger partial charge in [0.1, 0.15) is 5.82 Å². The molecule has 130 valence electrons. The largest absolute Gasteiger partial charge is 0.319 e. The monoisotopic (exact) mass is 406 g/mol. The Hall–Kier alpha value is -2.05. The summed E-state index contributed by atoms with van der Waals surface area (Å²) in [5, 5.41) is 2.54. The van der Waals surface area contributed by atoms with Crippen LogP contribution in [0.5, 0.6) is 0 Å². The molecule has 2 aromatic rings. The molecule has 1 heterocycles. The van der Waals surface area contributed by atoms with Crippen molar-refractivity contribution in [3.05, 3.63) is 75.8 Å². The zero-order chi connectivity index (χ0) is 17.8. The summed E-state index contributed by atoms with van der Waals surface area (Å²) in [4.78, 5) is 14.6. The van der Waals surface area contributed by atoms with Crippen LogP contribution in [0.2, 0.25) is 0 Å². The average molecular weight is 407 g/mol. The molecule has 0 fully saturated rings. The summed E-state index contributed by atoms with van der Waals surface area (Å²) in [5.41, 5.74) is 1.71. The van der Waals surface area contributed by atoms with Crippen molar-refractivity contribution in [2.75, 3.05) is 18.4 Å². The predicted molar refractivity (Wildman–Crippen MR) is 97.1 cm³/mol. The minimum absolute atomic E-state index is 0.0486. The van der Waals surface area contributed by atoms with Gasteiger partial charge in [-0.15, -0.1) is 0 Å². The molecule has 0 saturated heterocycles. The van der Waals surface area contributed by atoms with Crippen molar-refractivity contribution in [1.82, 2.24) is 4.90 Å². The standard InChI is InChI=1S/C19H17BrF2N2O/c20-16-9-15(21)10-17(22)18(16)23-19(25)14-7-4-8-24(12-14)11-13-5-2-1-3-6-13/h1-3,5-7,9-10H,4,8,11-12H2,(H,23,25). The molecule has 1 amide bonds. The lowest BCUT2D eigenvalue weighted by Crippen LogP contribution is -2.33. The second-order valence-electron chi connectivity index (χ2n) is 5.91. The molecule has 0 saturated carbocycles. The summed E-state index contributed by atoms with van der Waals surface area (Å²) in [6.45, 7) is 2.10. The second kappa shape index (κ2) is 7.89. The molecule has 25 heavy (non-hydrogen) atoms. The fourth-order valence-corrected chi connectivity index (χ4v) is 3.31. The van der Waals surface area contributed by atoms with Gasteiger partial charge in [-0.2, -0.15) is 0 Å². The number of nitrogens with one attached hydrogen (secondary N) is 1. The van der Waals surface area contributed by atoms with Crippen LogP contribution >= 0.6 is 15.9 Å². The smallest absolute Gasteiger partial charge is 0.252 e. The Kier molecular flexibility index (Phi) is 5.60.